The maximum atomic E-state index is 11.3. The lowest BCUT2D eigenvalue weighted by Gasteiger charge is -2.31. The monoisotopic (exact) mass is 216 g/mol. The molecule has 0 unspecified atom stereocenters. The molecule has 1 nitrogen and oxygen atoms in total. The Morgan fingerprint density at radius 3 is 2.62 bits per heavy atom. The van der Waals surface area contributed by atoms with Crippen LogP contribution in [0.5, 0.6) is 0 Å². The van der Waals surface area contributed by atoms with Gasteiger partial charge in [0.1, 0.15) is 5.78 Å². The molecule has 1 aliphatic heterocycles. The highest BCUT2D eigenvalue weighted by Crippen LogP contribution is 2.41. The summed E-state index contributed by atoms with van der Waals surface area (Å²) in [7, 11) is 0. The zero-order chi connectivity index (χ0) is 9.10. The molecule has 2 fully saturated rings. The fourth-order valence-electron chi connectivity index (χ4n) is 2.07. The second-order valence-electron chi connectivity index (χ2n) is 3.86. The molecule has 0 amide bonds. The van der Waals surface area contributed by atoms with Gasteiger partial charge >= 0.3 is 0 Å². The molecule has 0 aromatic heterocycles. The van der Waals surface area contributed by atoms with Crippen LogP contribution in [0.4, 0.5) is 0 Å². The molecule has 2 aliphatic rings. The highest BCUT2D eigenvalue weighted by molar-refractivity contribution is 8.17. The molecule has 0 bridgehead atoms. The highest BCUT2D eigenvalue weighted by Gasteiger charge is 2.29. The lowest BCUT2D eigenvalue weighted by atomic mass is 9.90. The smallest absolute Gasteiger partial charge is 0.133 e. The second kappa shape index (κ2) is 4.74. The standard InChI is InChI=1S/C10H16OS2/c11-9-4-1-3-8(7-9)10-12-5-2-6-13-10/h8,10H,1-7H2/t8-/m1/s1. The van der Waals surface area contributed by atoms with E-state index < -0.39 is 0 Å². The third-order valence-corrected chi connectivity index (χ3v) is 6.05. The Balaban J connectivity index is 1.87. The summed E-state index contributed by atoms with van der Waals surface area (Å²) in [5, 5.41) is 0. The summed E-state index contributed by atoms with van der Waals surface area (Å²) in [6, 6.07) is 0. The molecule has 1 saturated carbocycles. The first-order valence-electron chi connectivity index (χ1n) is 5.11. The molecule has 0 N–H and O–H groups in total. The number of carbonyl (C=O) groups excluding carboxylic acids is 1. The highest BCUT2D eigenvalue weighted by atomic mass is 32.2. The molecule has 74 valence electrons. The molecule has 1 heterocycles. The first kappa shape index (κ1) is 9.91. The van der Waals surface area contributed by atoms with Crippen LogP contribution >= 0.6 is 23.5 Å². The number of ketones is 1. The Bertz CT molecular complexity index is 187. The molecule has 0 radical (unpaired) electrons. The molecule has 0 aromatic carbocycles. The number of rotatable bonds is 1. The number of carbonyl (C=O) groups is 1. The van der Waals surface area contributed by atoms with Gasteiger partial charge in [-0.05, 0) is 36.7 Å². The first-order chi connectivity index (χ1) is 6.36. The first-order valence-corrected chi connectivity index (χ1v) is 7.21. The Kier molecular flexibility index (Phi) is 3.61. The average molecular weight is 216 g/mol. The number of thioether (sulfide) groups is 2. The molecule has 1 saturated heterocycles. The van der Waals surface area contributed by atoms with E-state index in [1.165, 1.54) is 24.3 Å². The molecule has 3 heteroatoms. The van der Waals surface area contributed by atoms with Crippen molar-refractivity contribution in [2.45, 2.75) is 36.7 Å². The van der Waals surface area contributed by atoms with Crippen LogP contribution in [0.2, 0.25) is 0 Å². The SMILES string of the molecule is O=C1CCC[C@@H](C2SCCCS2)C1. The van der Waals surface area contributed by atoms with E-state index in [4.69, 9.17) is 0 Å². The predicted molar refractivity (Wildman–Crippen MR) is 60.3 cm³/mol. The summed E-state index contributed by atoms with van der Waals surface area (Å²) in [4.78, 5) is 11.3. The van der Waals surface area contributed by atoms with E-state index in [-0.39, 0.29) is 0 Å². The molecule has 0 spiro atoms. The minimum Gasteiger partial charge on any atom is -0.300 e. The Morgan fingerprint density at radius 1 is 1.15 bits per heavy atom. The predicted octanol–water partition coefficient (Wildman–Crippen LogP) is 2.94. The van der Waals surface area contributed by atoms with E-state index in [1.54, 1.807) is 0 Å². The van der Waals surface area contributed by atoms with Crippen LogP contribution in [0.25, 0.3) is 0 Å². The van der Waals surface area contributed by atoms with Crippen molar-refractivity contribution in [3.8, 4) is 0 Å². The number of hydrogen-bond donors (Lipinski definition) is 0. The minimum absolute atomic E-state index is 0.503. The van der Waals surface area contributed by atoms with Gasteiger partial charge in [0.05, 0.1) is 4.58 Å². The summed E-state index contributed by atoms with van der Waals surface area (Å²) in [5.41, 5.74) is 0. The lowest BCUT2D eigenvalue weighted by Crippen LogP contribution is -2.24. The van der Waals surface area contributed by atoms with Crippen molar-refractivity contribution >= 4 is 29.3 Å². The third-order valence-electron chi connectivity index (χ3n) is 2.76. The van der Waals surface area contributed by atoms with Crippen LogP contribution in [-0.4, -0.2) is 21.9 Å². The van der Waals surface area contributed by atoms with E-state index in [1.807, 2.05) is 0 Å². The van der Waals surface area contributed by atoms with Gasteiger partial charge < -0.3 is 0 Å². The minimum atomic E-state index is 0.503. The van der Waals surface area contributed by atoms with Crippen molar-refractivity contribution in [3.05, 3.63) is 0 Å². The van der Waals surface area contributed by atoms with Gasteiger partial charge in [-0.1, -0.05) is 0 Å². The Morgan fingerprint density at radius 2 is 1.92 bits per heavy atom. The molecule has 0 aromatic rings. The van der Waals surface area contributed by atoms with Gasteiger partial charge in [0.15, 0.2) is 0 Å². The van der Waals surface area contributed by atoms with Crippen molar-refractivity contribution in [2.75, 3.05) is 11.5 Å². The van der Waals surface area contributed by atoms with Crippen LogP contribution in [0.15, 0.2) is 0 Å². The third kappa shape index (κ3) is 2.66. The fraction of sp³-hybridized carbons (Fsp3) is 0.900. The molecule has 1 atom stereocenters. The second-order valence-corrected chi connectivity index (χ2v) is 6.66. The molecule has 13 heavy (non-hydrogen) atoms. The van der Waals surface area contributed by atoms with Crippen molar-refractivity contribution in [2.24, 2.45) is 5.92 Å². The zero-order valence-electron chi connectivity index (χ0n) is 7.83. The van der Waals surface area contributed by atoms with Gasteiger partial charge in [-0.3, -0.25) is 4.79 Å². The Labute approximate surface area is 88.4 Å². The zero-order valence-corrected chi connectivity index (χ0v) is 9.46. The average Bonchev–Trinajstić information content (AvgIpc) is 2.19. The topological polar surface area (TPSA) is 17.1 Å². The number of hydrogen-bond acceptors (Lipinski definition) is 3. The Hall–Kier alpha value is 0.370. The quantitative estimate of drug-likeness (QED) is 0.671. The lowest BCUT2D eigenvalue weighted by molar-refractivity contribution is -0.121. The summed E-state index contributed by atoms with van der Waals surface area (Å²) in [6.07, 6.45) is 5.49. The summed E-state index contributed by atoms with van der Waals surface area (Å²) in [6.45, 7) is 0. The molecular formula is C10H16OS2. The largest absolute Gasteiger partial charge is 0.300 e. The molecular weight excluding hydrogens is 200 g/mol. The van der Waals surface area contributed by atoms with E-state index in [9.17, 15) is 4.79 Å². The molecule has 1 aliphatic carbocycles. The van der Waals surface area contributed by atoms with Crippen molar-refractivity contribution in [1.82, 2.24) is 0 Å². The van der Waals surface area contributed by atoms with E-state index in [0.29, 0.717) is 11.7 Å². The van der Waals surface area contributed by atoms with Gasteiger partial charge in [-0.2, -0.15) is 0 Å². The van der Waals surface area contributed by atoms with Gasteiger partial charge in [0, 0.05) is 12.8 Å². The van der Waals surface area contributed by atoms with Gasteiger partial charge in [-0.25, -0.2) is 0 Å². The van der Waals surface area contributed by atoms with Crippen LogP contribution < -0.4 is 0 Å². The van der Waals surface area contributed by atoms with Gasteiger partial charge in [0.25, 0.3) is 0 Å². The van der Waals surface area contributed by atoms with Crippen molar-refractivity contribution in [1.29, 1.82) is 0 Å². The van der Waals surface area contributed by atoms with Crippen molar-refractivity contribution < 1.29 is 4.79 Å². The fourth-order valence-corrected chi connectivity index (χ4v) is 5.31. The van der Waals surface area contributed by atoms with E-state index in [2.05, 4.69) is 23.5 Å². The van der Waals surface area contributed by atoms with E-state index >= 15 is 0 Å². The van der Waals surface area contributed by atoms with Crippen LogP contribution in [0.3, 0.4) is 0 Å². The van der Waals surface area contributed by atoms with Crippen LogP contribution in [-0.2, 0) is 4.79 Å². The number of Topliss-reactive ketones (excluding diaryl/α,β-unsaturated/α-hetero) is 1. The van der Waals surface area contributed by atoms with Crippen LogP contribution in [0.1, 0.15) is 32.1 Å². The van der Waals surface area contributed by atoms with Gasteiger partial charge in [-0.15, -0.1) is 23.5 Å². The molecule has 2 rings (SSSR count). The van der Waals surface area contributed by atoms with Crippen LogP contribution in [0, 0.1) is 5.92 Å². The maximum absolute atomic E-state index is 11.3. The summed E-state index contributed by atoms with van der Waals surface area (Å²) < 4.78 is 0.734. The summed E-state index contributed by atoms with van der Waals surface area (Å²) >= 11 is 4.16. The van der Waals surface area contributed by atoms with Crippen molar-refractivity contribution in [3.63, 3.8) is 0 Å². The van der Waals surface area contributed by atoms with E-state index in [0.717, 1.165) is 23.8 Å². The normalized spacial score (nSPS) is 32.0. The maximum Gasteiger partial charge on any atom is 0.133 e. The van der Waals surface area contributed by atoms with Gasteiger partial charge in [0.2, 0.25) is 0 Å². The summed E-state index contributed by atoms with van der Waals surface area (Å²) in [5.74, 6) is 3.81.